The summed E-state index contributed by atoms with van der Waals surface area (Å²) in [5.74, 6) is -1.40. The first-order chi connectivity index (χ1) is 19.9. The van der Waals surface area contributed by atoms with Crippen molar-refractivity contribution in [3.05, 3.63) is 142 Å². The van der Waals surface area contributed by atoms with Crippen LogP contribution in [0.5, 0.6) is 0 Å². The summed E-state index contributed by atoms with van der Waals surface area (Å²) in [6.07, 6.45) is -1.38. The smallest absolute Gasteiger partial charge is 0.338 e. The summed E-state index contributed by atoms with van der Waals surface area (Å²) in [5, 5.41) is 0. The zero-order valence-electron chi connectivity index (χ0n) is 25.2. The topological polar surface area (TPSA) is 52.6 Å². The minimum absolute atomic E-state index is 0.0555. The Hall–Kier alpha value is -4.18. The van der Waals surface area contributed by atoms with E-state index in [0.717, 1.165) is 22.3 Å². The lowest BCUT2D eigenvalue weighted by atomic mass is 9.59. The van der Waals surface area contributed by atoms with E-state index in [4.69, 9.17) is 9.47 Å². The molecule has 0 spiro atoms. The van der Waals surface area contributed by atoms with E-state index in [0.29, 0.717) is 11.1 Å². The lowest BCUT2D eigenvalue weighted by Gasteiger charge is -2.49. The second-order valence-corrected chi connectivity index (χ2v) is 13.6. The first-order valence-corrected chi connectivity index (χ1v) is 14.7. The molecule has 4 heteroatoms. The molecule has 2 bridgehead atoms. The van der Waals surface area contributed by atoms with Gasteiger partial charge in [-0.05, 0) is 68.5 Å². The van der Waals surface area contributed by atoms with Crippen LogP contribution in [0.3, 0.4) is 0 Å². The number of esters is 2. The normalized spacial score (nSPS) is 20.8. The fourth-order valence-corrected chi connectivity index (χ4v) is 6.41. The van der Waals surface area contributed by atoms with Gasteiger partial charge in [-0.3, -0.25) is 0 Å². The molecule has 42 heavy (non-hydrogen) atoms. The second-order valence-electron chi connectivity index (χ2n) is 13.6. The summed E-state index contributed by atoms with van der Waals surface area (Å²) < 4.78 is 12.8. The monoisotopic (exact) mass is 558 g/mol. The number of benzene rings is 4. The van der Waals surface area contributed by atoms with Gasteiger partial charge >= 0.3 is 11.9 Å². The van der Waals surface area contributed by atoms with Crippen molar-refractivity contribution in [1.82, 2.24) is 0 Å². The van der Waals surface area contributed by atoms with Crippen LogP contribution in [0.25, 0.3) is 0 Å². The average Bonchev–Trinajstić information content (AvgIpc) is 2.97. The van der Waals surface area contributed by atoms with Crippen molar-refractivity contribution in [2.45, 2.75) is 76.4 Å². The number of ether oxygens (including phenoxy) is 2. The molecule has 2 unspecified atom stereocenters. The Kier molecular flexibility index (Phi) is 6.84. The molecule has 4 nitrogen and oxygen atoms in total. The van der Waals surface area contributed by atoms with E-state index in [2.05, 4.69) is 77.9 Å². The second kappa shape index (κ2) is 10.3. The quantitative estimate of drug-likeness (QED) is 0.236. The highest BCUT2D eigenvalue weighted by Crippen LogP contribution is 2.56. The van der Waals surface area contributed by atoms with Crippen LogP contribution in [0.4, 0.5) is 0 Å². The molecule has 3 aliphatic carbocycles. The minimum Gasteiger partial charge on any atom is -0.454 e. The number of carbonyl (C=O) groups excluding carboxylic acids is 2. The highest BCUT2D eigenvalue weighted by Gasteiger charge is 2.54. The van der Waals surface area contributed by atoms with Gasteiger partial charge in [-0.2, -0.15) is 0 Å². The molecule has 3 aliphatic rings. The van der Waals surface area contributed by atoms with Crippen molar-refractivity contribution < 1.29 is 19.1 Å². The molecule has 4 aromatic carbocycles. The molecule has 0 aromatic heterocycles. The molecule has 0 N–H and O–H groups in total. The molecule has 0 radical (unpaired) electrons. The van der Waals surface area contributed by atoms with Gasteiger partial charge in [0.05, 0.1) is 23.0 Å². The van der Waals surface area contributed by atoms with Crippen LogP contribution in [0.2, 0.25) is 0 Å². The molecule has 214 valence electrons. The van der Waals surface area contributed by atoms with Crippen LogP contribution in [0, 0.1) is 0 Å². The van der Waals surface area contributed by atoms with Crippen LogP contribution < -0.4 is 0 Å². The zero-order valence-corrected chi connectivity index (χ0v) is 25.2. The van der Waals surface area contributed by atoms with Crippen LogP contribution in [0.1, 0.15) is 107 Å². The lowest BCUT2D eigenvalue weighted by Crippen LogP contribution is -2.51. The van der Waals surface area contributed by atoms with Crippen LogP contribution in [-0.2, 0) is 20.3 Å². The van der Waals surface area contributed by atoms with Gasteiger partial charge in [-0.25, -0.2) is 9.59 Å². The van der Waals surface area contributed by atoms with Gasteiger partial charge in [0.1, 0.15) is 0 Å². The van der Waals surface area contributed by atoms with Gasteiger partial charge in [0.15, 0.2) is 12.2 Å². The largest absolute Gasteiger partial charge is 0.454 e. The van der Waals surface area contributed by atoms with Gasteiger partial charge in [0, 0.05) is 0 Å². The summed E-state index contributed by atoms with van der Waals surface area (Å²) in [6.45, 7) is 13.2. The number of hydrogen-bond acceptors (Lipinski definition) is 4. The van der Waals surface area contributed by atoms with Crippen molar-refractivity contribution >= 4 is 11.9 Å². The molecule has 0 fully saturated rings. The molecular weight excluding hydrogens is 520 g/mol. The maximum atomic E-state index is 13.6. The summed E-state index contributed by atoms with van der Waals surface area (Å²) in [7, 11) is 0. The molecule has 0 amide bonds. The van der Waals surface area contributed by atoms with Crippen LogP contribution >= 0.6 is 0 Å². The molecule has 0 aliphatic heterocycles. The van der Waals surface area contributed by atoms with Crippen molar-refractivity contribution in [2.75, 3.05) is 0 Å². The number of fused-ring (bicyclic) bond motifs is 1. The Bertz CT molecular complexity index is 1520. The fourth-order valence-electron chi connectivity index (χ4n) is 6.41. The van der Waals surface area contributed by atoms with E-state index < -0.39 is 24.1 Å². The summed E-state index contributed by atoms with van der Waals surface area (Å²) >= 11 is 0. The molecule has 4 atom stereocenters. The van der Waals surface area contributed by atoms with Gasteiger partial charge in [-0.15, -0.1) is 0 Å². The van der Waals surface area contributed by atoms with E-state index in [9.17, 15) is 9.59 Å². The maximum absolute atomic E-state index is 13.6. The maximum Gasteiger partial charge on any atom is 0.338 e. The average molecular weight is 559 g/mol. The van der Waals surface area contributed by atoms with E-state index in [1.165, 1.54) is 11.1 Å². The van der Waals surface area contributed by atoms with Crippen LogP contribution in [-0.4, -0.2) is 24.1 Å². The highest BCUT2D eigenvalue weighted by molar-refractivity contribution is 5.91. The van der Waals surface area contributed by atoms with Gasteiger partial charge < -0.3 is 9.47 Å². The molecule has 7 rings (SSSR count). The predicted octanol–water partition coefficient (Wildman–Crippen LogP) is 8.32. The SMILES string of the molecule is CC(C)(C)c1ccc2c(c1)[C@H]1c3ccc(C(C)(C)C)cc3[C@H]2C(OC(=O)c2ccccc2)C1OC(=O)c1ccccc1. The third kappa shape index (κ3) is 4.93. The van der Waals surface area contributed by atoms with Gasteiger partial charge in [0.25, 0.3) is 0 Å². The van der Waals surface area contributed by atoms with E-state index >= 15 is 0 Å². The third-order valence-electron chi connectivity index (χ3n) is 8.73. The zero-order chi connectivity index (χ0) is 29.8. The first-order valence-electron chi connectivity index (χ1n) is 14.7. The lowest BCUT2D eigenvalue weighted by molar-refractivity contribution is -0.0558. The first kappa shape index (κ1) is 28.0. The van der Waals surface area contributed by atoms with Gasteiger partial charge in [0.2, 0.25) is 0 Å². The molecular formula is C38H38O4. The third-order valence-corrected chi connectivity index (χ3v) is 8.73. The Morgan fingerprint density at radius 3 is 1.19 bits per heavy atom. The van der Waals surface area contributed by atoms with Crippen molar-refractivity contribution in [2.24, 2.45) is 0 Å². The summed E-state index contributed by atoms with van der Waals surface area (Å²) in [5.41, 5.74) is 7.80. The summed E-state index contributed by atoms with van der Waals surface area (Å²) in [6, 6.07) is 31.4. The van der Waals surface area contributed by atoms with Crippen molar-refractivity contribution in [3.63, 3.8) is 0 Å². The molecule has 0 saturated carbocycles. The number of hydrogen-bond donors (Lipinski definition) is 0. The Morgan fingerprint density at radius 1 is 0.500 bits per heavy atom. The highest BCUT2D eigenvalue weighted by atomic mass is 16.6. The Balaban J connectivity index is 1.54. The van der Waals surface area contributed by atoms with Crippen molar-refractivity contribution in [3.8, 4) is 0 Å². The molecule has 4 aromatic rings. The van der Waals surface area contributed by atoms with Crippen molar-refractivity contribution in [1.29, 1.82) is 0 Å². The van der Waals surface area contributed by atoms with E-state index in [-0.39, 0.29) is 22.7 Å². The Labute approximate surface area is 248 Å². The fraction of sp³-hybridized carbons (Fsp3) is 0.316. The Morgan fingerprint density at radius 2 is 0.857 bits per heavy atom. The van der Waals surface area contributed by atoms with E-state index in [1.54, 1.807) is 24.3 Å². The number of rotatable bonds is 4. The summed E-state index contributed by atoms with van der Waals surface area (Å²) in [4.78, 5) is 27.1. The number of carbonyl (C=O) groups is 2. The minimum atomic E-state index is -0.689. The molecule has 0 heterocycles. The van der Waals surface area contributed by atoms with Gasteiger partial charge in [-0.1, -0.05) is 114 Å². The van der Waals surface area contributed by atoms with Crippen LogP contribution in [0.15, 0.2) is 97.1 Å². The van der Waals surface area contributed by atoms with E-state index in [1.807, 2.05) is 36.4 Å². The predicted molar refractivity (Wildman–Crippen MR) is 165 cm³/mol. The standard InChI is InChI=1S/C38H38O4/c1-37(2,3)25-17-19-27-29(21-25)31-28-20-18-26(38(4,5)6)22-30(28)32(27)34(42-36(40)24-15-11-8-12-16-24)33(31)41-35(39)23-13-9-7-10-14-23/h7-22,31-34H,1-6H3/t31-,32+,33?,34?. The molecule has 0 saturated heterocycles.